The lowest BCUT2D eigenvalue weighted by Crippen LogP contribution is -2.27. The molecule has 0 amide bonds. The second kappa shape index (κ2) is 7.32. The standard InChI is InChI=1S/C16H20N4O3/c21-20(22)13-3-4-14-15(10-13)18-11-16(19-14)23-9-1-2-12-5-7-17-8-6-12/h3-4,10-12,17H,1-2,5-9H2. The van der Waals surface area contributed by atoms with Gasteiger partial charge in [-0.15, -0.1) is 0 Å². The number of ether oxygens (including phenoxy) is 1. The summed E-state index contributed by atoms with van der Waals surface area (Å²) in [5.41, 5.74) is 1.12. The number of nitrogens with one attached hydrogen (secondary N) is 1. The van der Waals surface area contributed by atoms with Gasteiger partial charge >= 0.3 is 0 Å². The first-order valence-electron chi connectivity index (χ1n) is 7.97. The van der Waals surface area contributed by atoms with Crippen LogP contribution >= 0.6 is 0 Å². The van der Waals surface area contributed by atoms with Gasteiger partial charge in [-0.05, 0) is 50.8 Å². The summed E-state index contributed by atoms with van der Waals surface area (Å²) in [6.45, 7) is 2.86. The Morgan fingerprint density at radius 2 is 2.13 bits per heavy atom. The van der Waals surface area contributed by atoms with Crippen molar-refractivity contribution < 1.29 is 9.66 Å². The number of nitrogens with zero attached hydrogens (tertiary/aromatic N) is 3. The topological polar surface area (TPSA) is 90.2 Å². The second-order valence-corrected chi connectivity index (χ2v) is 5.82. The summed E-state index contributed by atoms with van der Waals surface area (Å²) in [5, 5.41) is 14.1. The third-order valence-electron chi connectivity index (χ3n) is 4.18. The van der Waals surface area contributed by atoms with Crippen molar-refractivity contribution in [1.82, 2.24) is 15.3 Å². The van der Waals surface area contributed by atoms with Gasteiger partial charge < -0.3 is 10.1 Å². The SMILES string of the molecule is O=[N+]([O-])c1ccc2nc(OCCCC3CCNCC3)cnc2c1. The minimum Gasteiger partial charge on any atom is -0.477 e. The number of benzene rings is 1. The van der Waals surface area contributed by atoms with Gasteiger partial charge in [-0.25, -0.2) is 9.97 Å². The number of hydrogen-bond acceptors (Lipinski definition) is 6. The summed E-state index contributed by atoms with van der Waals surface area (Å²) < 4.78 is 5.66. The molecule has 2 aromatic rings. The normalized spacial score (nSPS) is 15.7. The van der Waals surface area contributed by atoms with E-state index in [9.17, 15) is 10.1 Å². The zero-order valence-electron chi connectivity index (χ0n) is 12.9. The molecule has 1 aliphatic heterocycles. The van der Waals surface area contributed by atoms with Crippen LogP contribution in [-0.4, -0.2) is 34.6 Å². The molecule has 0 atom stereocenters. The van der Waals surface area contributed by atoms with E-state index >= 15 is 0 Å². The summed E-state index contributed by atoms with van der Waals surface area (Å²) >= 11 is 0. The third-order valence-corrected chi connectivity index (χ3v) is 4.18. The first-order valence-corrected chi connectivity index (χ1v) is 7.97. The Bertz CT molecular complexity index is 686. The fraction of sp³-hybridized carbons (Fsp3) is 0.500. The molecule has 0 spiro atoms. The van der Waals surface area contributed by atoms with Crippen LogP contribution in [0.3, 0.4) is 0 Å². The molecule has 7 nitrogen and oxygen atoms in total. The maximum atomic E-state index is 10.7. The molecule has 1 aliphatic rings. The highest BCUT2D eigenvalue weighted by Gasteiger charge is 2.12. The molecule has 1 N–H and O–H groups in total. The van der Waals surface area contributed by atoms with Crippen molar-refractivity contribution >= 4 is 16.7 Å². The van der Waals surface area contributed by atoms with E-state index in [1.54, 1.807) is 6.07 Å². The summed E-state index contributed by atoms with van der Waals surface area (Å²) in [5.74, 6) is 1.26. The number of piperidine rings is 1. The number of nitro groups is 1. The summed E-state index contributed by atoms with van der Waals surface area (Å²) in [6.07, 6.45) is 6.19. The van der Waals surface area contributed by atoms with Gasteiger partial charge in [0, 0.05) is 12.1 Å². The van der Waals surface area contributed by atoms with Gasteiger partial charge in [0.2, 0.25) is 5.88 Å². The first kappa shape index (κ1) is 15.6. The molecule has 1 fully saturated rings. The van der Waals surface area contributed by atoms with Gasteiger partial charge in [0.05, 0.1) is 28.8 Å². The monoisotopic (exact) mass is 316 g/mol. The average Bonchev–Trinajstić information content (AvgIpc) is 2.59. The summed E-state index contributed by atoms with van der Waals surface area (Å²) in [7, 11) is 0. The second-order valence-electron chi connectivity index (χ2n) is 5.82. The molecular weight excluding hydrogens is 296 g/mol. The van der Waals surface area contributed by atoms with E-state index in [1.165, 1.54) is 37.6 Å². The third kappa shape index (κ3) is 4.13. The van der Waals surface area contributed by atoms with Crippen molar-refractivity contribution in [3.05, 3.63) is 34.5 Å². The van der Waals surface area contributed by atoms with Crippen LogP contribution in [0.15, 0.2) is 24.4 Å². The van der Waals surface area contributed by atoms with Gasteiger partial charge in [0.25, 0.3) is 5.69 Å². The van der Waals surface area contributed by atoms with Crippen molar-refractivity contribution in [2.45, 2.75) is 25.7 Å². The number of rotatable bonds is 6. The van der Waals surface area contributed by atoms with Crippen molar-refractivity contribution in [2.24, 2.45) is 5.92 Å². The van der Waals surface area contributed by atoms with Gasteiger partial charge in [-0.3, -0.25) is 10.1 Å². The van der Waals surface area contributed by atoms with Gasteiger partial charge in [-0.1, -0.05) is 0 Å². The molecule has 3 rings (SSSR count). The lowest BCUT2D eigenvalue weighted by Gasteiger charge is -2.22. The molecule has 1 aromatic heterocycles. The number of nitro benzene ring substituents is 1. The van der Waals surface area contributed by atoms with Crippen LogP contribution in [0, 0.1) is 16.0 Å². The molecule has 122 valence electrons. The maximum Gasteiger partial charge on any atom is 0.271 e. The fourth-order valence-electron chi connectivity index (χ4n) is 2.88. The molecule has 7 heteroatoms. The highest BCUT2D eigenvalue weighted by Crippen LogP contribution is 2.20. The van der Waals surface area contributed by atoms with Gasteiger partial charge in [0.1, 0.15) is 0 Å². The van der Waals surface area contributed by atoms with Gasteiger partial charge in [-0.2, -0.15) is 0 Å². The van der Waals surface area contributed by atoms with Crippen LogP contribution in [-0.2, 0) is 0 Å². The van der Waals surface area contributed by atoms with E-state index in [0.717, 1.165) is 25.4 Å². The molecule has 0 saturated carbocycles. The average molecular weight is 316 g/mol. The molecule has 0 aliphatic carbocycles. The van der Waals surface area contributed by atoms with Crippen molar-refractivity contribution in [1.29, 1.82) is 0 Å². The van der Waals surface area contributed by atoms with E-state index in [2.05, 4.69) is 15.3 Å². The molecule has 0 unspecified atom stereocenters. The first-order chi connectivity index (χ1) is 11.2. The van der Waals surface area contributed by atoms with Gasteiger partial charge in [0.15, 0.2) is 0 Å². The van der Waals surface area contributed by atoms with Crippen molar-refractivity contribution in [3.63, 3.8) is 0 Å². The Kier molecular flexibility index (Phi) is 4.97. The zero-order chi connectivity index (χ0) is 16.1. The fourth-order valence-corrected chi connectivity index (χ4v) is 2.88. The highest BCUT2D eigenvalue weighted by atomic mass is 16.6. The number of non-ortho nitro benzene ring substituents is 1. The summed E-state index contributed by atoms with van der Waals surface area (Å²) in [6, 6.07) is 4.45. The molecular formula is C16H20N4O3. The minimum absolute atomic E-state index is 0.0161. The van der Waals surface area contributed by atoms with Crippen LogP contribution in [0.4, 0.5) is 5.69 Å². The Labute approximate surface area is 134 Å². The molecule has 1 saturated heterocycles. The van der Waals surface area contributed by atoms with E-state index in [-0.39, 0.29) is 5.69 Å². The predicted octanol–water partition coefficient (Wildman–Crippen LogP) is 2.70. The van der Waals surface area contributed by atoms with Crippen LogP contribution < -0.4 is 10.1 Å². The number of fused-ring (bicyclic) bond motifs is 1. The largest absolute Gasteiger partial charge is 0.477 e. The smallest absolute Gasteiger partial charge is 0.271 e. The number of aromatic nitrogens is 2. The molecule has 2 heterocycles. The Morgan fingerprint density at radius 1 is 1.30 bits per heavy atom. The molecule has 1 aromatic carbocycles. The van der Waals surface area contributed by atoms with E-state index in [4.69, 9.17) is 4.74 Å². The van der Waals surface area contributed by atoms with E-state index < -0.39 is 4.92 Å². The van der Waals surface area contributed by atoms with Crippen LogP contribution in [0.1, 0.15) is 25.7 Å². The number of hydrogen-bond donors (Lipinski definition) is 1. The van der Waals surface area contributed by atoms with Crippen LogP contribution in [0.5, 0.6) is 5.88 Å². The zero-order valence-corrected chi connectivity index (χ0v) is 12.9. The lowest BCUT2D eigenvalue weighted by atomic mass is 9.93. The quantitative estimate of drug-likeness (QED) is 0.500. The molecule has 0 bridgehead atoms. The van der Waals surface area contributed by atoms with Crippen LogP contribution in [0.2, 0.25) is 0 Å². The lowest BCUT2D eigenvalue weighted by molar-refractivity contribution is -0.384. The van der Waals surface area contributed by atoms with E-state index in [0.29, 0.717) is 23.5 Å². The van der Waals surface area contributed by atoms with E-state index in [1.807, 2.05) is 0 Å². The highest BCUT2D eigenvalue weighted by molar-refractivity contribution is 5.77. The maximum absolute atomic E-state index is 10.7. The Balaban J connectivity index is 1.53. The Hall–Kier alpha value is -2.28. The summed E-state index contributed by atoms with van der Waals surface area (Å²) in [4.78, 5) is 18.8. The predicted molar refractivity (Wildman–Crippen MR) is 86.5 cm³/mol. The van der Waals surface area contributed by atoms with Crippen molar-refractivity contribution in [2.75, 3.05) is 19.7 Å². The minimum atomic E-state index is -0.438. The Morgan fingerprint density at radius 3 is 2.91 bits per heavy atom. The molecule has 23 heavy (non-hydrogen) atoms. The van der Waals surface area contributed by atoms with Crippen molar-refractivity contribution in [3.8, 4) is 5.88 Å². The van der Waals surface area contributed by atoms with Crippen LogP contribution in [0.25, 0.3) is 11.0 Å². The molecule has 0 radical (unpaired) electrons.